The van der Waals surface area contributed by atoms with Gasteiger partial charge in [-0.2, -0.15) is 5.10 Å². The summed E-state index contributed by atoms with van der Waals surface area (Å²) < 4.78 is 1.74. The van der Waals surface area contributed by atoms with Crippen LogP contribution in [-0.4, -0.2) is 39.0 Å². The summed E-state index contributed by atoms with van der Waals surface area (Å²) in [5.74, 6) is -0.958. The second-order valence-electron chi connectivity index (χ2n) is 4.82. The molecule has 0 aromatic carbocycles. The first-order chi connectivity index (χ1) is 9.03. The first-order valence-corrected chi connectivity index (χ1v) is 6.30. The fourth-order valence-corrected chi connectivity index (χ4v) is 2.13. The number of urea groups is 1. The number of hydrogen-bond acceptors (Lipinski definition) is 3. The zero-order valence-corrected chi connectivity index (χ0v) is 10.8. The third kappa shape index (κ3) is 2.86. The molecule has 2 rings (SSSR count). The Morgan fingerprint density at radius 3 is 2.74 bits per heavy atom. The highest BCUT2D eigenvalue weighted by Gasteiger charge is 2.45. The maximum Gasteiger partial charge on any atom is 0.329 e. The molecule has 0 saturated heterocycles. The lowest BCUT2D eigenvalue weighted by atomic mass is 9.77. The lowest BCUT2D eigenvalue weighted by molar-refractivity contribution is -0.148. The molecule has 0 atom stereocenters. The molecule has 1 aliphatic carbocycles. The number of nitrogens with zero attached hydrogens (tertiary/aromatic N) is 2. The molecule has 19 heavy (non-hydrogen) atoms. The van der Waals surface area contributed by atoms with E-state index in [1.807, 2.05) is 13.1 Å². The van der Waals surface area contributed by atoms with Crippen LogP contribution in [-0.2, 0) is 18.3 Å². The molecule has 1 aromatic heterocycles. The Morgan fingerprint density at radius 2 is 2.26 bits per heavy atom. The molecule has 2 amide bonds. The van der Waals surface area contributed by atoms with Gasteiger partial charge in [0.1, 0.15) is 5.54 Å². The van der Waals surface area contributed by atoms with Crippen molar-refractivity contribution in [3.05, 3.63) is 18.0 Å². The van der Waals surface area contributed by atoms with Gasteiger partial charge in [0, 0.05) is 31.9 Å². The quantitative estimate of drug-likeness (QED) is 0.712. The Balaban J connectivity index is 1.76. The molecule has 1 aliphatic rings. The summed E-state index contributed by atoms with van der Waals surface area (Å²) >= 11 is 0. The van der Waals surface area contributed by atoms with Gasteiger partial charge in [-0.1, -0.05) is 0 Å². The summed E-state index contributed by atoms with van der Waals surface area (Å²) in [4.78, 5) is 22.8. The minimum atomic E-state index is -1.06. The molecule has 1 saturated carbocycles. The lowest BCUT2D eigenvalue weighted by Gasteiger charge is -2.38. The molecule has 0 bridgehead atoms. The van der Waals surface area contributed by atoms with E-state index in [9.17, 15) is 9.59 Å². The molecule has 0 unspecified atom stereocenters. The summed E-state index contributed by atoms with van der Waals surface area (Å²) in [6.07, 6.45) is 4.18. The van der Waals surface area contributed by atoms with Gasteiger partial charge < -0.3 is 15.7 Å². The van der Waals surface area contributed by atoms with Crippen molar-refractivity contribution in [3.8, 4) is 0 Å². The molecule has 7 nitrogen and oxygen atoms in total. The minimum absolute atomic E-state index is 0.427. The summed E-state index contributed by atoms with van der Waals surface area (Å²) in [7, 11) is 1.84. The fourth-order valence-electron chi connectivity index (χ4n) is 2.13. The molecule has 1 fully saturated rings. The van der Waals surface area contributed by atoms with Gasteiger partial charge in [-0.3, -0.25) is 4.68 Å². The van der Waals surface area contributed by atoms with Crippen molar-refractivity contribution in [2.75, 3.05) is 6.54 Å². The van der Waals surface area contributed by atoms with Gasteiger partial charge in [0.2, 0.25) is 0 Å². The number of nitrogens with one attached hydrogen (secondary N) is 2. The van der Waals surface area contributed by atoms with Gasteiger partial charge in [0.05, 0.1) is 0 Å². The normalized spacial score (nSPS) is 16.5. The van der Waals surface area contributed by atoms with E-state index in [0.29, 0.717) is 25.8 Å². The van der Waals surface area contributed by atoms with Crippen LogP contribution >= 0.6 is 0 Å². The SMILES string of the molecule is Cn1nccc1CCNC(=O)NC1(C(=O)O)CCC1. The summed E-state index contributed by atoms with van der Waals surface area (Å²) in [5, 5.41) is 18.3. The summed E-state index contributed by atoms with van der Waals surface area (Å²) in [6, 6.07) is 1.45. The zero-order chi connectivity index (χ0) is 13.9. The highest BCUT2D eigenvalue weighted by Crippen LogP contribution is 2.31. The van der Waals surface area contributed by atoms with Gasteiger partial charge in [0.25, 0.3) is 0 Å². The largest absolute Gasteiger partial charge is 0.480 e. The second-order valence-corrected chi connectivity index (χ2v) is 4.82. The number of amides is 2. The van der Waals surface area contributed by atoms with Gasteiger partial charge >= 0.3 is 12.0 Å². The number of aromatic nitrogens is 2. The van der Waals surface area contributed by atoms with Crippen molar-refractivity contribution < 1.29 is 14.7 Å². The highest BCUT2D eigenvalue weighted by molar-refractivity contribution is 5.87. The molecule has 7 heteroatoms. The predicted octanol–water partition coefficient (Wildman–Crippen LogP) is 0.269. The van der Waals surface area contributed by atoms with E-state index >= 15 is 0 Å². The van der Waals surface area contributed by atoms with E-state index < -0.39 is 17.5 Å². The van der Waals surface area contributed by atoms with E-state index in [4.69, 9.17) is 5.11 Å². The Hall–Kier alpha value is -2.05. The van der Waals surface area contributed by atoms with Crippen LogP contribution in [0.15, 0.2) is 12.3 Å². The van der Waals surface area contributed by atoms with Crippen molar-refractivity contribution in [1.82, 2.24) is 20.4 Å². The number of carbonyl (C=O) groups is 2. The smallest absolute Gasteiger partial charge is 0.329 e. The van der Waals surface area contributed by atoms with Gasteiger partial charge in [-0.15, -0.1) is 0 Å². The molecule has 3 N–H and O–H groups in total. The van der Waals surface area contributed by atoms with Crippen molar-refractivity contribution in [2.24, 2.45) is 7.05 Å². The van der Waals surface area contributed by atoms with Crippen molar-refractivity contribution in [2.45, 2.75) is 31.2 Å². The third-order valence-corrected chi connectivity index (χ3v) is 3.56. The first-order valence-electron chi connectivity index (χ1n) is 6.30. The highest BCUT2D eigenvalue weighted by atomic mass is 16.4. The Labute approximate surface area is 111 Å². The van der Waals surface area contributed by atoms with Crippen LogP contribution in [0.1, 0.15) is 25.0 Å². The van der Waals surface area contributed by atoms with Crippen LogP contribution in [0.4, 0.5) is 4.79 Å². The number of hydrogen-bond donors (Lipinski definition) is 3. The second kappa shape index (κ2) is 5.29. The Bertz CT molecular complexity index is 479. The first kappa shape index (κ1) is 13.4. The Morgan fingerprint density at radius 1 is 1.53 bits per heavy atom. The summed E-state index contributed by atoms with van der Waals surface area (Å²) in [5.41, 5.74) is -0.0479. The topological polar surface area (TPSA) is 96.3 Å². The van der Waals surface area contributed by atoms with Crippen LogP contribution < -0.4 is 10.6 Å². The molecular weight excluding hydrogens is 248 g/mol. The van der Waals surface area contributed by atoms with Crippen LogP contribution in [0.25, 0.3) is 0 Å². The van der Waals surface area contributed by atoms with Crippen molar-refractivity contribution >= 4 is 12.0 Å². The van der Waals surface area contributed by atoms with E-state index in [1.54, 1.807) is 10.9 Å². The number of aliphatic carboxylic acids is 1. The van der Waals surface area contributed by atoms with E-state index in [0.717, 1.165) is 12.1 Å². The number of carbonyl (C=O) groups excluding carboxylic acids is 1. The minimum Gasteiger partial charge on any atom is -0.480 e. The molecule has 0 spiro atoms. The number of rotatable bonds is 5. The van der Waals surface area contributed by atoms with E-state index in [1.165, 1.54) is 0 Å². The molecule has 104 valence electrons. The van der Waals surface area contributed by atoms with Gasteiger partial charge in [-0.25, -0.2) is 9.59 Å². The maximum atomic E-state index is 11.7. The van der Waals surface area contributed by atoms with Gasteiger partial charge in [0.15, 0.2) is 0 Å². The number of carboxylic acid groups (broad SMARTS) is 1. The fraction of sp³-hybridized carbons (Fsp3) is 0.583. The van der Waals surface area contributed by atoms with Crippen LogP contribution in [0, 0.1) is 0 Å². The van der Waals surface area contributed by atoms with Crippen molar-refractivity contribution in [3.63, 3.8) is 0 Å². The zero-order valence-electron chi connectivity index (χ0n) is 10.8. The molecule has 1 heterocycles. The van der Waals surface area contributed by atoms with Crippen molar-refractivity contribution in [1.29, 1.82) is 0 Å². The molecule has 0 aliphatic heterocycles. The lowest BCUT2D eigenvalue weighted by Crippen LogP contribution is -2.61. The molecule has 0 radical (unpaired) electrons. The number of aryl methyl sites for hydroxylation is 1. The average Bonchev–Trinajstić information content (AvgIpc) is 2.69. The predicted molar refractivity (Wildman–Crippen MR) is 67.7 cm³/mol. The van der Waals surface area contributed by atoms with Crippen LogP contribution in [0.2, 0.25) is 0 Å². The van der Waals surface area contributed by atoms with Crippen LogP contribution in [0.3, 0.4) is 0 Å². The molecule has 1 aromatic rings. The standard InChI is InChI=1S/C12H18N4O3/c1-16-9(4-8-14-16)3-7-13-11(19)15-12(10(17)18)5-2-6-12/h4,8H,2-3,5-7H2,1H3,(H,17,18)(H2,13,15,19). The maximum absolute atomic E-state index is 11.7. The monoisotopic (exact) mass is 266 g/mol. The molecular formula is C12H18N4O3. The van der Waals surface area contributed by atoms with E-state index in [2.05, 4.69) is 15.7 Å². The van der Waals surface area contributed by atoms with E-state index in [-0.39, 0.29) is 0 Å². The van der Waals surface area contributed by atoms with Crippen LogP contribution in [0.5, 0.6) is 0 Å². The Kier molecular flexibility index (Phi) is 3.73. The summed E-state index contributed by atoms with van der Waals surface area (Å²) in [6.45, 7) is 0.446. The van der Waals surface area contributed by atoms with Gasteiger partial charge in [-0.05, 0) is 25.3 Å². The average molecular weight is 266 g/mol. The third-order valence-electron chi connectivity index (χ3n) is 3.56. The number of carboxylic acids is 1.